The monoisotopic (exact) mass is 660 g/mol. The van der Waals surface area contributed by atoms with Gasteiger partial charge in [0.2, 0.25) is 0 Å². The van der Waals surface area contributed by atoms with Gasteiger partial charge in [-0.15, -0.1) is 0 Å². The number of hydrogen-bond acceptors (Lipinski definition) is 2. The Morgan fingerprint density at radius 2 is 1.00 bits per heavy atom. The van der Waals surface area contributed by atoms with Crippen molar-refractivity contribution in [2.45, 2.75) is 0 Å². The molecule has 0 aliphatic heterocycles. The summed E-state index contributed by atoms with van der Waals surface area (Å²) in [6.45, 7) is 0. The van der Waals surface area contributed by atoms with E-state index in [2.05, 4.69) is 179 Å². The molecule has 0 atom stereocenters. The van der Waals surface area contributed by atoms with Crippen molar-refractivity contribution in [2.75, 3.05) is 0 Å². The van der Waals surface area contributed by atoms with Crippen molar-refractivity contribution < 1.29 is 0 Å². The number of hydrogen-bond donors (Lipinski definition) is 0. The van der Waals surface area contributed by atoms with Crippen LogP contribution in [0, 0.1) is 0 Å². The maximum Gasteiger partial charge on any atom is 0.162 e. The SMILES string of the molecule is c1ccc(-c2ccc(-c3nc(-n4c5ccccc5c5c6c7ccccc7n7c8ccc9ccccc9c8c(cc54)c67)c4ccccc4n3)cc2)cc1. The molecule has 52 heavy (non-hydrogen) atoms. The zero-order valence-electron chi connectivity index (χ0n) is 28.0. The van der Waals surface area contributed by atoms with E-state index < -0.39 is 0 Å². The summed E-state index contributed by atoms with van der Waals surface area (Å²) in [6.07, 6.45) is 0. The molecular weight excluding hydrogens is 633 g/mol. The second-order valence-corrected chi connectivity index (χ2v) is 13.8. The molecule has 4 heterocycles. The maximum absolute atomic E-state index is 5.46. The number of fused-ring (bicyclic) bond motifs is 13. The molecule has 4 aromatic heterocycles. The zero-order chi connectivity index (χ0) is 33.9. The third kappa shape index (κ3) is 3.65. The Kier molecular flexibility index (Phi) is 5.47. The molecule has 12 rings (SSSR count). The van der Waals surface area contributed by atoms with E-state index in [0.717, 1.165) is 33.3 Å². The van der Waals surface area contributed by atoms with E-state index >= 15 is 0 Å². The van der Waals surface area contributed by atoms with Crippen molar-refractivity contribution in [1.82, 2.24) is 18.9 Å². The van der Waals surface area contributed by atoms with Crippen LogP contribution in [0.2, 0.25) is 0 Å². The summed E-state index contributed by atoms with van der Waals surface area (Å²) in [5.41, 5.74) is 10.3. The molecule has 4 heteroatoms. The standard InChI is InChI=1S/C48H28N4/c1-2-12-29(13-3-1)30-22-24-32(25-23-30)47-49-38-19-9-6-16-34(38)48(50-47)52-40-21-11-7-17-35(40)44-42(52)28-37-43-33-15-5-4-14-31(33)26-27-41(43)51-39-20-10-8-18-36(39)45(44)46(37)51/h1-28H. The van der Waals surface area contributed by atoms with Crippen LogP contribution in [0.1, 0.15) is 0 Å². The number of rotatable bonds is 3. The van der Waals surface area contributed by atoms with Crippen molar-refractivity contribution in [2.24, 2.45) is 0 Å². The summed E-state index contributed by atoms with van der Waals surface area (Å²) < 4.78 is 4.88. The van der Waals surface area contributed by atoms with Gasteiger partial charge in [0.1, 0.15) is 5.82 Å². The minimum absolute atomic E-state index is 0.706. The summed E-state index contributed by atoms with van der Waals surface area (Å²) in [5.74, 6) is 1.59. The number of nitrogens with zero attached hydrogens (tertiary/aromatic N) is 4. The molecule has 0 amide bonds. The zero-order valence-corrected chi connectivity index (χ0v) is 28.0. The molecule has 240 valence electrons. The van der Waals surface area contributed by atoms with Crippen LogP contribution in [0.25, 0.3) is 110 Å². The molecule has 0 fully saturated rings. The fraction of sp³-hybridized carbons (Fsp3) is 0. The van der Waals surface area contributed by atoms with Gasteiger partial charge < -0.3 is 4.40 Å². The van der Waals surface area contributed by atoms with Gasteiger partial charge in [0, 0.05) is 43.3 Å². The van der Waals surface area contributed by atoms with Gasteiger partial charge >= 0.3 is 0 Å². The van der Waals surface area contributed by atoms with E-state index in [4.69, 9.17) is 9.97 Å². The van der Waals surface area contributed by atoms with Crippen molar-refractivity contribution >= 4 is 81.6 Å². The average molecular weight is 661 g/mol. The normalized spacial score (nSPS) is 12.2. The molecule has 0 spiro atoms. The molecule has 8 aromatic carbocycles. The lowest BCUT2D eigenvalue weighted by molar-refractivity contribution is 1.08. The second kappa shape index (κ2) is 10.3. The third-order valence-corrected chi connectivity index (χ3v) is 11.0. The van der Waals surface area contributed by atoms with Crippen LogP contribution < -0.4 is 0 Å². The van der Waals surface area contributed by atoms with Crippen LogP contribution in [-0.4, -0.2) is 18.9 Å². The molecule has 0 unspecified atom stereocenters. The van der Waals surface area contributed by atoms with E-state index in [9.17, 15) is 0 Å². The van der Waals surface area contributed by atoms with E-state index in [1.807, 2.05) is 0 Å². The summed E-state index contributed by atoms with van der Waals surface area (Å²) in [7, 11) is 0. The molecule has 0 N–H and O–H groups in total. The van der Waals surface area contributed by atoms with Gasteiger partial charge in [0.15, 0.2) is 5.82 Å². The van der Waals surface area contributed by atoms with Crippen LogP contribution in [0.15, 0.2) is 170 Å². The van der Waals surface area contributed by atoms with E-state index in [1.165, 1.54) is 70.8 Å². The van der Waals surface area contributed by atoms with Crippen LogP contribution >= 0.6 is 0 Å². The van der Waals surface area contributed by atoms with E-state index in [-0.39, 0.29) is 0 Å². The van der Waals surface area contributed by atoms with Crippen LogP contribution in [-0.2, 0) is 0 Å². The first-order valence-corrected chi connectivity index (χ1v) is 17.8. The van der Waals surface area contributed by atoms with Crippen molar-refractivity contribution in [3.63, 3.8) is 0 Å². The highest BCUT2D eigenvalue weighted by Crippen LogP contribution is 2.48. The summed E-state index contributed by atoms with van der Waals surface area (Å²) in [4.78, 5) is 10.6. The first-order valence-electron chi connectivity index (χ1n) is 17.8. The number of para-hydroxylation sites is 3. The van der Waals surface area contributed by atoms with Crippen LogP contribution in [0.4, 0.5) is 0 Å². The Balaban J connectivity index is 1.23. The predicted octanol–water partition coefficient (Wildman–Crippen LogP) is 12.4. The summed E-state index contributed by atoms with van der Waals surface area (Å²) in [6, 6.07) is 60.9. The Hall–Kier alpha value is -7.04. The van der Waals surface area contributed by atoms with Gasteiger partial charge in [-0.1, -0.05) is 133 Å². The van der Waals surface area contributed by atoms with Gasteiger partial charge in [-0.3, -0.25) is 4.57 Å². The van der Waals surface area contributed by atoms with Crippen LogP contribution in [0.3, 0.4) is 0 Å². The molecule has 12 aromatic rings. The Labute approximate surface area is 297 Å². The van der Waals surface area contributed by atoms with Gasteiger partial charge in [0.05, 0.1) is 33.1 Å². The lowest BCUT2D eigenvalue weighted by atomic mass is 9.99. The van der Waals surface area contributed by atoms with Crippen molar-refractivity contribution in [3.8, 4) is 28.3 Å². The molecule has 0 saturated heterocycles. The Morgan fingerprint density at radius 3 is 1.83 bits per heavy atom. The first-order chi connectivity index (χ1) is 25.8. The highest BCUT2D eigenvalue weighted by Gasteiger charge is 2.26. The predicted molar refractivity (Wildman–Crippen MR) is 217 cm³/mol. The van der Waals surface area contributed by atoms with E-state index in [1.54, 1.807) is 0 Å². The maximum atomic E-state index is 5.46. The molecular formula is C48H28N4. The fourth-order valence-electron chi connectivity index (χ4n) is 8.81. The molecule has 4 nitrogen and oxygen atoms in total. The largest absolute Gasteiger partial charge is 0.308 e. The molecule has 0 bridgehead atoms. The number of benzene rings is 8. The van der Waals surface area contributed by atoms with Gasteiger partial charge in [-0.25, -0.2) is 9.97 Å². The van der Waals surface area contributed by atoms with Gasteiger partial charge in [-0.2, -0.15) is 0 Å². The lowest BCUT2D eigenvalue weighted by Gasteiger charge is -2.13. The molecule has 0 aliphatic rings. The van der Waals surface area contributed by atoms with Crippen LogP contribution in [0.5, 0.6) is 0 Å². The number of aromatic nitrogens is 4. The summed E-state index contributed by atoms with van der Waals surface area (Å²) >= 11 is 0. The fourth-order valence-corrected chi connectivity index (χ4v) is 8.81. The molecule has 0 aliphatic carbocycles. The minimum Gasteiger partial charge on any atom is -0.308 e. The van der Waals surface area contributed by atoms with E-state index in [0.29, 0.717) is 5.82 Å². The topological polar surface area (TPSA) is 35.1 Å². The Morgan fingerprint density at radius 1 is 0.365 bits per heavy atom. The second-order valence-electron chi connectivity index (χ2n) is 13.8. The molecule has 0 radical (unpaired) electrons. The highest BCUT2D eigenvalue weighted by atomic mass is 15.1. The summed E-state index contributed by atoms with van der Waals surface area (Å²) in [5, 5.41) is 11.1. The lowest BCUT2D eigenvalue weighted by Crippen LogP contribution is -2.02. The smallest absolute Gasteiger partial charge is 0.162 e. The van der Waals surface area contributed by atoms with Crippen molar-refractivity contribution in [3.05, 3.63) is 170 Å². The van der Waals surface area contributed by atoms with Crippen molar-refractivity contribution in [1.29, 1.82) is 0 Å². The van der Waals surface area contributed by atoms with Gasteiger partial charge in [-0.05, 0) is 58.3 Å². The molecule has 0 saturated carbocycles. The average Bonchev–Trinajstić information content (AvgIpc) is 3.85. The minimum atomic E-state index is 0.706. The first kappa shape index (κ1) is 27.7. The third-order valence-electron chi connectivity index (χ3n) is 11.0. The van der Waals surface area contributed by atoms with Gasteiger partial charge in [0.25, 0.3) is 0 Å². The quantitative estimate of drug-likeness (QED) is 0.189. The highest BCUT2D eigenvalue weighted by molar-refractivity contribution is 6.37. The Bertz CT molecular complexity index is 3390.